The topological polar surface area (TPSA) is 87.0 Å². The van der Waals surface area contributed by atoms with E-state index in [4.69, 9.17) is 4.74 Å². The summed E-state index contributed by atoms with van der Waals surface area (Å²) in [6.45, 7) is 0. The van der Waals surface area contributed by atoms with Gasteiger partial charge >= 0.3 is 5.97 Å². The Morgan fingerprint density at radius 2 is 1.16 bits per heavy atom. The third kappa shape index (κ3) is 2.13. The molecule has 25 heavy (non-hydrogen) atoms. The van der Waals surface area contributed by atoms with Crippen molar-refractivity contribution < 1.29 is 24.9 Å². The van der Waals surface area contributed by atoms with Gasteiger partial charge in [0.1, 0.15) is 28.4 Å². The van der Waals surface area contributed by atoms with E-state index >= 15 is 0 Å². The first kappa shape index (κ1) is 15.1. The summed E-state index contributed by atoms with van der Waals surface area (Å²) < 4.78 is 5.45. The van der Waals surface area contributed by atoms with Gasteiger partial charge in [0.2, 0.25) is 0 Å². The maximum Gasteiger partial charge on any atom is 0.331 e. The van der Waals surface area contributed by atoms with Crippen LogP contribution < -0.4 is 4.74 Å². The summed E-state index contributed by atoms with van der Waals surface area (Å²) in [6, 6.07) is 17.2. The van der Waals surface area contributed by atoms with Crippen LogP contribution in [-0.4, -0.2) is 21.3 Å². The van der Waals surface area contributed by atoms with Gasteiger partial charge in [-0.05, 0) is 47.5 Å². The first-order chi connectivity index (χ1) is 12.0. The Hall–Kier alpha value is -3.47. The highest BCUT2D eigenvalue weighted by Crippen LogP contribution is 2.50. The molecule has 5 nitrogen and oxygen atoms in total. The number of esters is 1. The SMILES string of the molecule is O=C1Oc2cc(O)ccc2C1(c1ccc(O)cc1)c1ccc(O)cc1. The van der Waals surface area contributed by atoms with Gasteiger partial charge in [0, 0.05) is 11.6 Å². The van der Waals surface area contributed by atoms with Crippen LogP contribution in [0, 0.1) is 0 Å². The molecule has 0 aliphatic carbocycles. The number of carbonyl (C=O) groups excluding carboxylic acids is 1. The zero-order chi connectivity index (χ0) is 17.6. The fraction of sp³-hybridized carbons (Fsp3) is 0.0500. The lowest BCUT2D eigenvalue weighted by molar-refractivity contribution is -0.135. The number of ether oxygens (including phenoxy) is 1. The van der Waals surface area contributed by atoms with Crippen molar-refractivity contribution in [1.29, 1.82) is 0 Å². The van der Waals surface area contributed by atoms with E-state index in [9.17, 15) is 20.1 Å². The van der Waals surface area contributed by atoms with Crippen LogP contribution in [0.25, 0.3) is 0 Å². The van der Waals surface area contributed by atoms with Crippen LogP contribution >= 0.6 is 0 Å². The molecule has 5 heteroatoms. The van der Waals surface area contributed by atoms with Gasteiger partial charge < -0.3 is 20.1 Å². The molecular weight excluding hydrogens is 320 g/mol. The lowest BCUT2D eigenvalue weighted by atomic mass is 9.70. The highest BCUT2D eigenvalue weighted by Gasteiger charge is 2.52. The lowest BCUT2D eigenvalue weighted by Crippen LogP contribution is -2.36. The number of carbonyl (C=O) groups is 1. The van der Waals surface area contributed by atoms with Gasteiger partial charge in [0.15, 0.2) is 0 Å². The van der Waals surface area contributed by atoms with E-state index in [0.717, 1.165) is 0 Å². The number of fused-ring (bicyclic) bond motifs is 1. The predicted octanol–water partition coefficient (Wildman–Crippen LogP) is 3.06. The number of hydrogen-bond acceptors (Lipinski definition) is 5. The third-order valence-corrected chi connectivity index (χ3v) is 4.48. The Morgan fingerprint density at radius 1 is 0.680 bits per heavy atom. The van der Waals surface area contributed by atoms with Crippen molar-refractivity contribution in [2.45, 2.75) is 5.41 Å². The molecule has 0 saturated heterocycles. The molecular formula is C20H14O5. The number of hydrogen-bond donors (Lipinski definition) is 3. The van der Waals surface area contributed by atoms with Gasteiger partial charge in [-0.15, -0.1) is 0 Å². The van der Waals surface area contributed by atoms with Crippen LogP contribution in [0.1, 0.15) is 16.7 Å². The zero-order valence-electron chi connectivity index (χ0n) is 13.0. The van der Waals surface area contributed by atoms with Gasteiger partial charge in [-0.2, -0.15) is 0 Å². The maximum atomic E-state index is 13.0. The van der Waals surface area contributed by atoms with E-state index in [1.54, 1.807) is 30.3 Å². The molecule has 0 radical (unpaired) electrons. The number of aromatic hydroxyl groups is 3. The predicted molar refractivity (Wildman–Crippen MR) is 89.8 cm³/mol. The number of phenols is 3. The van der Waals surface area contributed by atoms with E-state index in [1.807, 2.05) is 0 Å². The van der Waals surface area contributed by atoms with Crippen molar-refractivity contribution >= 4 is 5.97 Å². The molecule has 0 aromatic heterocycles. The molecule has 0 saturated carbocycles. The van der Waals surface area contributed by atoms with Crippen molar-refractivity contribution in [3.05, 3.63) is 83.4 Å². The Kier molecular flexibility index (Phi) is 3.18. The lowest BCUT2D eigenvalue weighted by Gasteiger charge is -2.27. The van der Waals surface area contributed by atoms with E-state index < -0.39 is 11.4 Å². The smallest absolute Gasteiger partial charge is 0.331 e. The van der Waals surface area contributed by atoms with Crippen molar-refractivity contribution in [3.63, 3.8) is 0 Å². The minimum absolute atomic E-state index is 0.00115. The molecule has 1 aliphatic rings. The van der Waals surface area contributed by atoms with Crippen LogP contribution in [0.3, 0.4) is 0 Å². The monoisotopic (exact) mass is 334 g/mol. The summed E-state index contributed by atoms with van der Waals surface area (Å²) in [7, 11) is 0. The molecule has 124 valence electrons. The molecule has 0 bridgehead atoms. The number of benzene rings is 3. The Morgan fingerprint density at radius 3 is 1.68 bits per heavy atom. The Balaban J connectivity index is 2.05. The number of phenolic OH excluding ortho intramolecular Hbond substituents is 3. The third-order valence-electron chi connectivity index (χ3n) is 4.48. The van der Waals surface area contributed by atoms with Gasteiger partial charge in [0.05, 0.1) is 0 Å². The van der Waals surface area contributed by atoms with Crippen molar-refractivity contribution in [2.24, 2.45) is 0 Å². The summed E-state index contributed by atoms with van der Waals surface area (Å²) in [4.78, 5) is 13.0. The minimum Gasteiger partial charge on any atom is -0.508 e. The van der Waals surface area contributed by atoms with Gasteiger partial charge in [-0.25, -0.2) is 4.79 Å². The van der Waals surface area contributed by atoms with E-state index in [2.05, 4.69) is 0 Å². The Bertz CT molecular complexity index is 913. The highest BCUT2D eigenvalue weighted by molar-refractivity contribution is 5.98. The summed E-state index contributed by atoms with van der Waals surface area (Å²) in [5.41, 5.74) is 0.576. The average molecular weight is 334 g/mol. The highest BCUT2D eigenvalue weighted by atomic mass is 16.5. The standard InChI is InChI=1S/C20H14O5/c21-14-5-1-12(2-6-14)20(13-3-7-15(22)8-4-13)17-10-9-16(23)11-18(17)25-19(20)24/h1-11,21-23H. The summed E-state index contributed by atoms with van der Waals surface area (Å²) >= 11 is 0. The molecule has 4 rings (SSSR count). The van der Waals surface area contributed by atoms with Crippen LogP contribution in [0.5, 0.6) is 23.0 Å². The second kappa shape index (κ2) is 5.27. The molecule has 1 aliphatic heterocycles. The van der Waals surface area contributed by atoms with Crippen molar-refractivity contribution in [2.75, 3.05) is 0 Å². The van der Waals surface area contributed by atoms with Gasteiger partial charge in [-0.1, -0.05) is 24.3 Å². The molecule has 0 unspecified atom stereocenters. The van der Waals surface area contributed by atoms with Crippen LogP contribution in [0.4, 0.5) is 0 Å². The first-order valence-corrected chi connectivity index (χ1v) is 7.66. The second-order valence-corrected chi connectivity index (χ2v) is 5.91. The summed E-state index contributed by atoms with van der Waals surface area (Å²) in [5.74, 6) is -0.0572. The minimum atomic E-state index is -1.25. The molecule has 3 aromatic carbocycles. The van der Waals surface area contributed by atoms with Crippen LogP contribution in [0.15, 0.2) is 66.7 Å². The summed E-state index contributed by atoms with van der Waals surface area (Å²) in [6.07, 6.45) is 0. The quantitative estimate of drug-likeness (QED) is 0.495. The normalized spacial score (nSPS) is 14.8. The van der Waals surface area contributed by atoms with Crippen molar-refractivity contribution in [3.8, 4) is 23.0 Å². The van der Waals surface area contributed by atoms with E-state index in [-0.39, 0.29) is 23.0 Å². The van der Waals surface area contributed by atoms with Gasteiger partial charge in [0.25, 0.3) is 0 Å². The van der Waals surface area contributed by atoms with Crippen LogP contribution in [-0.2, 0) is 10.2 Å². The largest absolute Gasteiger partial charge is 0.508 e. The molecule has 0 fully saturated rings. The molecule has 3 aromatic rings. The molecule has 0 atom stereocenters. The van der Waals surface area contributed by atoms with Crippen LogP contribution in [0.2, 0.25) is 0 Å². The maximum absolute atomic E-state index is 13.0. The van der Waals surface area contributed by atoms with Gasteiger partial charge in [-0.3, -0.25) is 0 Å². The molecule has 1 heterocycles. The number of rotatable bonds is 2. The van der Waals surface area contributed by atoms with Crippen molar-refractivity contribution in [1.82, 2.24) is 0 Å². The summed E-state index contributed by atoms with van der Waals surface area (Å²) in [5, 5.41) is 28.9. The zero-order valence-corrected chi connectivity index (χ0v) is 13.0. The fourth-order valence-electron chi connectivity index (χ4n) is 3.33. The average Bonchev–Trinajstić information content (AvgIpc) is 2.88. The molecule has 0 amide bonds. The first-order valence-electron chi connectivity index (χ1n) is 7.66. The van der Waals surface area contributed by atoms with E-state index in [1.165, 1.54) is 36.4 Å². The molecule has 0 spiro atoms. The second-order valence-electron chi connectivity index (χ2n) is 5.91. The van der Waals surface area contributed by atoms with E-state index in [0.29, 0.717) is 16.7 Å². The Labute approximate surface area is 143 Å². The molecule has 3 N–H and O–H groups in total. The fourth-order valence-corrected chi connectivity index (χ4v) is 3.33.